The molecule has 16 heavy (non-hydrogen) atoms. The molecular formula is C8H5ClF3NO3. The van der Waals surface area contributed by atoms with Gasteiger partial charge in [0.1, 0.15) is 0 Å². The second-order valence-electron chi connectivity index (χ2n) is 2.71. The van der Waals surface area contributed by atoms with Gasteiger partial charge in [-0.3, -0.25) is 14.6 Å². The van der Waals surface area contributed by atoms with Crippen LogP contribution < -0.4 is 10.3 Å². The highest BCUT2D eigenvalue weighted by molar-refractivity contribution is 6.17. The van der Waals surface area contributed by atoms with Gasteiger partial charge in [-0.25, -0.2) is 0 Å². The number of alkyl halides is 4. The number of ether oxygens (including phenoxy) is 1. The lowest BCUT2D eigenvalue weighted by Gasteiger charge is -2.11. The van der Waals surface area contributed by atoms with Crippen LogP contribution in [0, 0.1) is 0 Å². The molecule has 0 fully saturated rings. The number of aromatic nitrogens is 1. The first-order chi connectivity index (χ1) is 7.37. The summed E-state index contributed by atoms with van der Waals surface area (Å²) in [6.45, 7) is 0. The third kappa shape index (κ3) is 2.99. The molecule has 1 aromatic rings. The third-order valence-corrected chi connectivity index (χ3v) is 1.89. The number of pyridine rings is 1. The lowest BCUT2D eigenvalue weighted by atomic mass is 10.2. The van der Waals surface area contributed by atoms with Crippen molar-refractivity contribution in [2.24, 2.45) is 0 Å². The van der Waals surface area contributed by atoms with Crippen molar-refractivity contribution in [1.29, 1.82) is 0 Å². The zero-order chi connectivity index (χ0) is 12.3. The predicted molar refractivity (Wildman–Crippen MR) is 48.7 cm³/mol. The molecular weight excluding hydrogens is 251 g/mol. The number of aldehydes is 1. The van der Waals surface area contributed by atoms with Crippen LogP contribution in [0.1, 0.15) is 15.9 Å². The third-order valence-electron chi connectivity index (χ3n) is 1.60. The Morgan fingerprint density at radius 3 is 2.56 bits per heavy atom. The van der Waals surface area contributed by atoms with E-state index in [0.717, 1.165) is 6.07 Å². The van der Waals surface area contributed by atoms with Gasteiger partial charge >= 0.3 is 6.36 Å². The van der Waals surface area contributed by atoms with Crippen molar-refractivity contribution in [2.75, 3.05) is 0 Å². The van der Waals surface area contributed by atoms with Crippen LogP contribution >= 0.6 is 11.6 Å². The van der Waals surface area contributed by atoms with Gasteiger partial charge in [0, 0.05) is 5.56 Å². The summed E-state index contributed by atoms with van der Waals surface area (Å²) in [5, 5.41) is 0. The van der Waals surface area contributed by atoms with Crippen molar-refractivity contribution in [2.45, 2.75) is 12.2 Å². The summed E-state index contributed by atoms with van der Waals surface area (Å²) in [6.07, 6.45) is -4.72. The van der Waals surface area contributed by atoms with Gasteiger partial charge < -0.3 is 4.74 Å². The summed E-state index contributed by atoms with van der Waals surface area (Å²) in [6, 6.07) is 0.944. The SMILES string of the molecule is O=Cc1cc(CCl)c(OC(F)(F)F)[nH]c1=O. The molecule has 0 aromatic carbocycles. The maximum atomic E-state index is 11.9. The highest BCUT2D eigenvalue weighted by Crippen LogP contribution is 2.24. The molecule has 0 aliphatic rings. The fourth-order valence-corrected chi connectivity index (χ4v) is 1.17. The molecule has 0 saturated carbocycles. The number of H-pyrrole nitrogens is 1. The van der Waals surface area contributed by atoms with E-state index in [1.165, 1.54) is 0 Å². The van der Waals surface area contributed by atoms with E-state index >= 15 is 0 Å². The topological polar surface area (TPSA) is 59.2 Å². The Labute approximate surface area is 92.0 Å². The Hall–Kier alpha value is -1.50. The maximum absolute atomic E-state index is 11.9. The van der Waals surface area contributed by atoms with E-state index in [-0.39, 0.29) is 23.3 Å². The predicted octanol–water partition coefficient (Wildman–Crippen LogP) is 1.82. The first-order valence-corrected chi connectivity index (χ1v) is 4.44. The number of hydrogen-bond acceptors (Lipinski definition) is 3. The van der Waals surface area contributed by atoms with Crippen LogP contribution in [0.2, 0.25) is 0 Å². The zero-order valence-corrected chi connectivity index (χ0v) is 8.35. The standard InChI is InChI=1S/C8H5ClF3NO3/c9-2-4-1-5(3-14)6(15)13-7(4)16-8(10,11)12/h1,3H,2H2,(H,13,15). The minimum absolute atomic E-state index is 0.124. The number of nitrogens with one attached hydrogen (secondary N) is 1. The summed E-state index contributed by atoms with van der Waals surface area (Å²) in [5.41, 5.74) is -1.41. The average Bonchev–Trinajstić information content (AvgIpc) is 2.16. The molecule has 0 amide bonds. The largest absolute Gasteiger partial charge is 0.574 e. The first-order valence-electron chi connectivity index (χ1n) is 3.90. The highest BCUT2D eigenvalue weighted by Gasteiger charge is 2.32. The van der Waals surface area contributed by atoms with Crippen LogP contribution in [0.25, 0.3) is 0 Å². The van der Waals surface area contributed by atoms with Gasteiger partial charge in [-0.2, -0.15) is 0 Å². The van der Waals surface area contributed by atoms with Crippen LogP contribution in [0.4, 0.5) is 13.2 Å². The number of halogens is 4. The Morgan fingerprint density at radius 1 is 1.50 bits per heavy atom. The van der Waals surface area contributed by atoms with Crippen molar-refractivity contribution in [3.63, 3.8) is 0 Å². The number of carbonyl (C=O) groups excluding carboxylic acids is 1. The molecule has 1 N–H and O–H groups in total. The number of hydrogen-bond donors (Lipinski definition) is 1. The molecule has 0 saturated heterocycles. The number of rotatable bonds is 3. The van der Waals surface area contributed by atoms with Crippen molar-refractivity contribution in [3.8, 4) is 5.88 Å². The summed E-state index contributed by atoms with van der Waals surface area (Å²) in [5.74, 6) is -1.14. The molecule has 0 bridgehead atoms. The van der Waals surface area contributed by atoms with E-state index in [0.29, 0.717) is 0 Å². The van der Waals surface area contributed by atoms with E-state index in [1.54, 1.807) is 4.98 Å². The summed E-state index contributed by atoms with van der Waals surface area (Å²) < 4.78 is 39.3. The minimum Gasteiger partial charge on any atom is -0.389 e. The molecule has 88 valence electrons. The van der Waals surface area contributed by atoms with Crippen LogP contribution in [-0.4, -0.2) is 17.6 Å². The van der Waals surface area contributed by atoms with E-state index in [9.17, 15) is 22.8 Å². The van der Waals surface area contributed by atoms with Crippen LogP contribution in [0.3, 0.4) is 0 Å². The van der Waals surface area contributed by atoms with E-state index < -0.39 is 17.8 Å². The van der Waals surface area contributed by atoms with Crippen LogP contribution in [0.15, 0.2) is 10.9 Å². The second-order valence-corrected chi connectivity index (χ2v) is 2.97. The Balaban J connectivity index is 3.24. The normalized spacial score (nSPS) is 11.2. The monoisotopic (exact) mass is 255 g/mol. The van der Waals surface area contributed by atoms with Crippen molar-refractivity contribution < 1.29 is 22.7 Å². The van der Waals surface area contributed by atoms with Crippen molar-refractivity contribution in [1.82, 2.24) is 4.98 Å². The van der Waals surface area contributed by atoms with Gasteiger partial charge in [-0.15, -0.1) is 24.8 Å². The summed E-state index contributed by atoms with van der Waals surface area (Å²) >= 11 is 5.36. The lowest BCUT2D eigenvalue weighted by Crippen LogP contribution is -2.22. The molecule has 0 aliphatic heterocycles. The Bertz CT molecular complexity index is 455. The van der Waals surface area contributed by atoms with Crippen molar-refractivity contribution in [3.05, 3.63) is 27.5 Å². The van der Waals surface area contributed by atoms with Gasteiger partial charge in [-0.05, 0) is 6.07 Å². The molecule has 0 unspecified atom stereocenters. The molecule has 1 aromatic heterocycles. The summed E-state index contributed by atoms with van der Waals surface area (Å²) in [7, 11) is 0. The zero-order valence-electron chi connectivity index (χ0n) is 7.60. The van der Waals surface area contributed by atoms with Crippen LogP contribution in [0.5, 0.6) is 5.88 Å². The Kier molecular flexibility index (Phi) is 3.58. The second kappa shape index (κ2) is 4.56. The van der Waals surface area contributed by atoms with E-state index in [4.69, 9.17) is 11.6 Å². The Morgan fingerprint density at radius 2 is 2.12 bits per heavy atom. The van der Waals surface area contributed by atoms with Gasteiger partial charge in [-0.1, -0.05) is 0 Å². The van der Waals surface area contributed by atoms with Gasteiger partial charge in [0.2, 0.25) is 5.88 Å². The van der Waals surface area contributed by atoms with Crippen molar-refractivity contribution >= 4 is 17.9 Å². The average molecular weight is 256 g/mol. The number of carbonyl (C=O) groups is 1. The highest BCUT2D eigenvalue weighted by atomic mass is 35.5. The molecule has 1 heterocycles. The van der Waals surface area contributed by atoms with Gasteiger partial charge in [0.05, 0.1) is 11.4 Å². The molecule has 4 nitrogen and oxygen atoms in total. The maximum Gasteiger partial charge on any atom is 0.574 e. The van der Waals surface area contributed by atoms with Gasteiger partial charge in [0.15, 0.2) is 6.29 Å². The lowest BCUT2D eigenvalue weighted by molar-refractivity contribution is -0.276. The minimum atomic E-state index is -4.94. The number of aromatic amines is 1. The molecule has 8 heteroatoms. The molecule has 0 radical (unpaired) electrons. The molecule has 0 aliphatic carbocycles. The van der Waals surface area contributed by atoms with Crippen LogP contribution in [-0.2, 0) is 5.88 Å². The summed E-state index contributed by atoms with van der Waals surface area (Å²) in [4.78, 5) is 23.2. The molecule has 1 rings (SSSR count). The fraction of sp³-hybridized carbons (Fsp3) is 0.250. The van der Waals surface area contributed by atoms with E-state index in [1.807, 2.05) is 0 Å². The fourth-order valence-electron chi connectivity index (χ4n) is 0.968. The first kappa shape index (κ1) is 12.6. The quantitative estimate of drug-likeness (QED) is 0.662. The molecule has 0 atom stereocenters. The van der Waals surface area contributed by atoms with E-state index in [2.05, 4.69) is 4.74 Å². The smallest absolute Gasteiger partial charge is 0.389 e. The molecule has 0 spiro atoms. The van der Waals surface area contributed by atoms with Gasteiger partial charge in [0.25, 0.3) is 5.56 Å².